The Bertz CT molecular complexity index is 774. The van der Waals surface area contributed by atoms with E-state index in [2.05, 4.69) is 43.5 Å². The van der Waals surface area contributed by atoms with Gasteiger partial charge in [0.05, 0.1) is 12.7 Å². The molecule has 0 aromatic heterocycles. The van der Waals surface area contributed by atoms with E-state index < -0.39 is 13.4 Å². The van der Waals surface area contributed by atoms with Gasteiger partial charge in [-0.1, -0.05) is 26.8 Å². The first-order valence-electron chi connectivity index (χ1n) is 11.1. The van der Waals surface area contributed by atoms with Crippen LogP contribution >= 0.6 is 7.82 Å². The molecule has 30 heavy (non-hydrogen) atoms. The number of benzene rings is 1. The molecule has 2 aliphatic carbocycles. The first kappa shape index (κ1) is 23.7. The van der Waals surface area contributed by atoms with Crippen molar-refractivity contribution in [2.75, 3.05) is 6.61 Å². The van der Waals surface area contributed by atoms with Crippen LogP contribution in [-0.4, -0.2) is 28.0 Å². The van der Waals surface area contributed by atoms with Gasteiger partial charge >= 0.3 is 7.82 Å². The first-order valence-corrected chi connectivity index (χ1v) is 12.6. The zero-order chi connectivity index (χ0) is 22.2. The van der Waals surface area contributed by atoms with Crippen molar-refractivity contribution in [2.45, 2.75) is 84.3 Å². The number of fused-ring (bicyclic) bond motifs is 1. The molecule has 0 aliphatic heterocycles. The third kappa shape index (κ3) is 6.30. The van der Waals surface area contributed by atoms with Crippen molar-refractivity contribution >= 4 is 7.82 Å². The molecule has 2 atom stereocenters. The predicted molar refractivity (Wildman–Crippen MR) is 118 cm³/mol. The maximum absolute atomic E-state index is 11.0. The topological polar surface area (TPSA) is 102 Å². The van der Waals surface area contributed by atoms with Gasteiger partial charge in [-0.3, -0.25) is 4.52 Å². The van der Waals surface area contributed by atoms with Crippen molar-refractivity contribution in [1.29, 1.82) is 0 Å². The maximum Gasteiger partial charge on any atom is 0.469 e. The van der Waals surface area contributed by atoms with Crippen molar-refractivity contribution < 1.29 is 23.6 Å². The van der Waals surface area contributed by atoms with Crippen LogP contribution in [0.15, 0.2) is 18.2 Å². The molecule has 170 valence electrons. The number of hydrogen-bond donors (Lipinski definition) is 3. The Hall–Kier alpha value is -0.910. The van der Waals surface area contributed by atoms with E-state index in [0.29, 0.717) is 11.5 Å². The summed E-state index contributed by atoms with van der Waals surface area (Å²) < 4.78 is 22.0. The summed E-state index contributed by atoms with van der Waals surface area (Å²) >= 11 is 0. The van der Waals surface area contributed by atoms with Gasteiger partial charge in [0.15, 0.2) is 0 Å². The third-order valence-corrected chi connectivity index (χ3v) is 7.55. The van der Waals surface area contributed by atoms with Crippen LogP contribution in [0.3, 0.4) is 0 Å². The van der Waals surface area contributed by atoms with Crippen molar-refractivity contribution in [2.24, 2.45) is 23.0 Å². The minimum Gasteiger partial charge on any atom is -0.490 e. The fraction of sp³-hybridized carbons (Fsp3) is 0.739. The van der Waals surface area contributed by atoms with Gasteiger partial charge < -0.3 is 20.3 Å². The lowest BCUT2D eigenvalue weighted by Gasteiger charge is -2.38. The van der Waals surface area contributed by atoms with Crippen molar-refractivity contribution in [3.05, 3.63) is 29.3 Å². The highest BCUT2D eigenvalue weighted by Gasteiger charge is 2.35. The van der Waals surface area contributed by atoms with E-state index in [-0.39, 0.29) is 12.5 Å². The van der Waals surface area contributed by atoms with Gasteiger partial charge in [0.2, 0.25) is 0 Å². The van der Waals surface area contributed by atoms with Crippen molar-refractivity contribution in [1.82, 2.24) is 0 Å². The van der Waals surface area contributed by atoms with Crippen LogP contribution in [0.5, 0.6) is 5.75 Å². The van der Waals surface area contributed by atoms with Crippen molar-refractivity contribution in [3.63, 3.8) is 0 Å². The number of hydrogen-bond acceptors (Lipinski definition) is 4. The summed E-state index contributed by atoms with van der Waals surface area (Å²) in [6.45, 7) is 8.65. The van der Waals surface area contributed by atoms with E-state index in [0.717, 1.165) is 43.8 Å². The average molecular weight is 440 g/mol. The SMILES string of the molecule is CC(C)(C)C1CCC(Oc2ccc3c(c2)CCC(C(C)(N)COP(=O)(O)O)C3)CC1. The van der Waals surface area contributed by atoms with Crippen LogP contribution in [0, 0.1) is 17.3 Å². The Morgan fingerprint density at radius 2 is 1.70 bits per heavy atom. The molecule has 1 fully saturated rings. The second-order valence-electron chi connectivity index (χ2n) is 10.6. The fourth-order valence-corrected chi connectivity index (χ4v) is 5.39. The van der Waals surface area contributed by atoms with Crippen LogP contribution in [0.25, 0.3) is 0 Å². The number of nitrogens with two attached hydrogens (primary N) is 1. The van der Waals surface area contributed by atoms with Gasteiger partial charge in [-0.05, 0) is 92.4 Å². The molecule has 4 N–H and O–H groups in total. The van der Waals surface area contributed by atoms with E-state index in [1.807, 2.05) is 6.92 Å². The highest BCUT2D eigenvalue weighted by Crippen LogP contribution is 2.41. The monoisotopic (exact) mass is 439 g/mol. The third-order valence-electron chi connectivity index (χ3n) is 7.08. The Kier molecular flexibility index (Phi) is 7.06. The summed E-state index contributed by atoms with van der Waals surface area (Å²) in [5.74, 6) is 1.83. The molecule has 0 saturated heterocycles. The molecule has 6 nitrogen and oxygen atoms in total. The molecule has 1 aromatic carbocycles. The Morgan fingerprint density at radius 1 is 1.03 bits per heavy atom. The van der Waals surface area contributed by atoms with Gasteiger partial charge in [-0.25, -0.2) is 4.57 Å². The first-order chi connectivity index (χ1) is 13.8. The zero-order valence-corrected chi connectivity index (χ0v) is 19.7. The largest absolute Gasteiger partial charge is 0.490 e. The molecular weight excluding hydrogens is 401 g/mol. The van der Waals surface area contributed by atoms with Crippen LogP contribution in [0.1, 0.15) is 70.9 Å². The van der Waals surface area contributed by atoms with Gasteiger partial charge in [0.25, 0.3) is 0 Å². The molecular formula is C23H38NO5P. The Labute approximate surface area is 180 Å². The number of aryl methyl sites for hydroxylation is 1. The summed E-state index contributed by atoms with van der Waals surface area (Å²) in [4.78, 5) is 18.0. The normalized spacial score (nSPS) is 27.2. The lowest BCUT2D eigenvalue weighted by atomic mass is 9.72. The molecule has 3 rings (SSSR count). The number of ether oxygens (including phenoxy) is 1. The second kappa shape index (κ2) is 8.91. The minimum absolute atomic E-state index is 0.107. The summed E-state index contributed by atoms with van der Waals surface area (Å²) in [5.41, 5.74) is 8.47. The summed E-state index contributed by atoms with van der Waals surface area (Å²) in [5, 5.41) is 0. The fourth-order valence-electron chi connectivity index (χ4n) is 4.95. The van der Waals surface area contributed by atoms with E-state index in [4.69, 9.17) is 20.3 Å². The summed E-state index contributed by atoms with van der Waals surface area (Å²) in [6.07, 6.45) is 7.53. The Morgan fingerprint density at radius 3 is 2.30 bits per heavy atom. The van der Waals surface area contributed by atoms with Gasteiger partial charge in [-0.2, -0.15) is 0 Å². The lowest BCUT2D eigenvalue weighted by Crippen LogP contribution is -2.50. The van der Waals surface area contributed by atoms with Crippen LogP contribution in [0.2, 0.25) is 0 Å². The lowest BCUT2D eigenvalue weighted by molar-refractivity contribution is 0.0880. The molecule has 0 spiro atoms. The van der Waals surface area contributed by atoms with Gasteiger partial charge in [0, 0.05) is 5.54 Å². The van der Waals surface area contributed by atoms with E-state index in [1.54, 1.807) is 0 Å². The molecule has 0 radical (unpaired) electrons. The predicted octanol–water partition coefficient (Wildman–Crippen LogP) is 4.60. The number of rotatable bonds is 6. The van der Waals surface area contributed by atoms with Gasteiger partial charge in [0.1, 0.15) is 5.75 Å². The number of phosphoric acid groups is 1. The molecule has 2 unspecified atom stereocenters. The number of phosphoric ester groups is 1. The highest BCUT2D eigenvalue weighted by atomic mass is 31.2. The standard InChI is InChI=1S/C23H38NO5P/c1-22(2,3)18-8-11-20(12-9-18)29-21-10-6-16-13-19(7-5-17(16)14-21)23(4,24)15-28-30(25,26)27/h6,10,14,18-20H,5,7-9,11-13,15,24H2,1-4H3,(H2,25,26,27). The van der Waals surface area contributed by atoms with Gasteiger partial charge in [-0.15, -0.1) is 0 Å². The Balaban J connectivity index is 1.57. The molecule has 0 heterocycles. The van der Waals surface area contributed by atoms with Crippen LogP contribution in [-0.2, 0) is 21.9 Å². The summed E-state index contributed by atoms with van der Waals surface area (Å²) in [6, 6.07) is 6.34. The maximum atomic E-state index is 11.0. The smallest absolute Gasteiger partial charge is 0.469 e. The van der Waals surface area contributed by atoms with Crippen LogP contribution < -0.4 is 10.5 Å². The second-order valence-corrected chi connectivity index (χ2v) is 11.8. The average Bonchev–Trinajstić information content (AvgIpc) is 2.65. The van der Waals surface area contributed by atoms with E-state index in [1.165, 1.54) is 24.0 Å². The zero-order valence-electron chi connectivity index (χ0n) is 18.8. The minimum atomic E-state index is -4.51. The molecule has 1 aromatic rings. The van der Waals surface area contributed by atoms with E-state index in [9.17, 15) is 4.57 Å². The molecule has 7 heteroatoms. The quantitative estimate of drug-likeness (QED) is 0.560. The van der Waals surface area contributed by atoms with E-state index >= 15 is 0 Å². The van der Waals surface area contributed by atoms with Crippen molar-refractivity contribution in [3.8, 4) is 5.75 Å². The summed E-state index contributed by atoms with van der Waals surface area (Å²) in [7, 11) is -4.51. The molecule has 0 amide bonds. The highest BCUT2D eigenvalue weighted by molar-refractivity contribution is 7.46. The molecule has 2 aliphatic rings. The molecule has 0 bridgehead atoms. The molecule has 1 saturated carbocycles. The van der Waals surface area contributed by atoms with Crippen LogP contribution in [0.4, 0.5) is 0 Å².